The quantitative estimate of drug-likeness (QED) is 0.780. The van der Waals surface area contributed by atoms with Gasteiger partial charge in [0.15, 0.2) is 0 Å². The molecule has 0 N–H and O–H groups in total. The maximum atomic E-state index is 12.0. The molecule has 0 aromatic carbocycles. The topological polar surface area (TPSA) is 36.0 Å². The SMILES string of the molecule is CC(C)COC(=O)N1CCCN(CCN2CCCCC2)CC1. The van der Waals surface area contributed by atoms with E-state index in [0.29, 0.717) is 12.5 Å². The van der Waals surface area contributed by atoms with Gasteiger partial charge in [-0.05, 0) is 44.8 Å². The summed E-state index contributed by atoms with van der Waals surface area (Å²) in [6.07, 6.45) is 5.03. The normalized spacial score (nSPS) is 21.9. The smallest absolute Gasteiger partial charge is 0.409 e. The molecule has 0 aliphatic carbocycles. The molecule has 0 aromatic rings. The number of carbonyl (C=O) groups is 1. The van der Waals surface area contributed by atoms with Crippen molar-refractivity contribution in [2.75, 3.05) is 59.0 Å². The van der Waals surface area contributed by atoms with Gasteiger partial charge >= 0.3 is 6.09 Å². The molecule has 2 aliphatic heterocycles. The van der Waals surface area contributed by atoms with Crippen LogP contribution in [-0.4, -0.2) is 79.8 Å². The molecule has 0 saturated carbocycles. The van der Waals surface area contributed by atoms with Crippen LogP contribution >= 0.6 is 0 Å². The molecule has 22 heavy (non-hydrogen) atoms. The first kappa shape index (κ1) is 17.5. The molecule has 2 saturated heterocycles. The summed E-state index contributed by atoms with van der Waals surface area (Å²) in [4.78, 5) is 19.0. The van der Waals surface area contributed by atoms with Gasteiger partial charge in [0.05, 0.1) is 6.61 Å². The summed E-state index contributed by atoms with van der Waals surface area (Å²) in [7, 11) is 0. The average molecular weight is 311 g/mol. The second-order valence-corrected chi connectivity index (χ2v) is 7.06. The molecule has 5 nitrogen and oxygen atoms in total. The predicted molar refractivity (Wildman–Crippen MR) is 89.1 cm³/mol. The fourth-order valence-electron chi connectivity index (χ4n) is 3.17. The first-order chi connectivity index (χ1) is 10.6. The maximum Gasteiger partial charge on any atom is 0.409 e. The van der Waals surface area contributed by atoms with Crippen LogP contribution in [-0.2, 0) is 4.74 Å². The lowest BCUT2D eigenvalue weighted by Gasteiger charge is -2.29. The lowest BCUT2D eigenvalue weighted by molar-refractivity contribution is 0.0928. The van der Waals surface area contributed by atoms with Crippen molar-refractivity contribution >= 4 is 6.09 Å². The lowest BCUT2D eigenvalue weighted by atomic mass is 10.1. The largest absolute Gasteiger partial charge is 0.449 e. The van der Waals surface area contributed by atoms with Crippen LogP contribution in [0.25, 0.3) is 0 Å². The van der Waals surface area contributed by atoms with Crippen LogP contribution in [0, 0.1) is 5.92 Å². The van der Waals surface area contributed by atoms with Gasteiger partial charge in [-0.2, -0.15) is 0 Å². The van der Waals surface area contributed by atoms with Gasteiger partial charge < -0.3 is 19.4 Å². The third-order valence-corrected chi connectivity index (χ3v) is 4.57. The second kappa shape index (κ2) is 9.36. The Bertz CT molecular complexity index is 330. The monoisotopic (exact) mass is 311 g/mol. The molecule has 0 spiro atoms. The zero-order valence-electron chi connectivity index (χ0n) is 14.4. The van der Waals surface area contributed by atoms with Crippen molar-refractivity contribution in [2.45, 2.75) is 39.5 Å². The van der Waals surface area contributed by atoms with Crippen LogP contribution in [0.1, 0.15) is 39.5 Å². The van der Waals surface area contributed by atoms with Crippen molar-refractivity contribution in [3.63, 3.8) is 0 Å². The van der Waals surface area contributed by atoms with Crippen LogP contribution < -0.4 is 0 Å². The van der Waals surface area contributed by atoms with E-state index in [0.717, 1.165) is 39.1 Å². The van der Waals surface area contributed by atoms with Crippen LogP contribution in [0.4, 0.5) is 4.79 Å². The standard InChI is InChI=1S/C17H33N3O2/c1-16(2)15-22-17(21)20-10-6-9-19(13-14-20)12-11-18-7-4-3-5-8-18/h16H,3-15H2,1-2H3. The molecule has 0 radical (unpaired) electrons. The number of nitrogens with zero attached hydrogens (tertiary/aromatic N) is 3. The number of carbonyl (C=O) groups excluding carboxylic acids is 1. The van der Waals surface area contributed by atoms with Crippen molar-refractivity contribution in [2.24, 2.45) is 5.92 Å². The molecule has 0 atom stereocenters. The predicted octanol–water partition coefficient (Wildman–Crippen LogP) is 2.27. The van der Waals surface area contributed by atoms with Gasteiger partial charge in [-0.15, -0.1) is 0 Å². The third-order valence-electron chi connectivity index (χ3n) is 4.57. The van der Waals surface area contributed by atoms with Gasteiger partial charge in [0.1, 0.15) is 0 Å². The Kier molecular flexibility index (Phi) is 7.46. The van der Waals surface area contributed by atoms with Gasteiger partial charge in [-0.25, -0.2) is 4.79 Å². The van der Waals surface area contributed by atoms with E-state index in [-0.39, 0.29) is 6.09 Å². The fourth-order valence-corrected chi connectivity index (χ4v) is 3.17. The van der Waals surface area contributed by atoms with Crippen LogP contribution in [0.3, 0.4) is 0 Å². The van der Waals surface area contributed by atoms with Crippen molar-refractivity contribution < 1.29 is 9.53 Å². The third kappa shape index (κ3) is 6.13. The molecule has 1 amide bonds. The van der Waals surface area contributed by atoms with E-state index < -0.39 is 0 Å². The Hall–Kier alpha value is -0.810. The van der Waals surface area contributed by atoms with E-state index in [9.17, 15) is 4.79 Å². The minimum absolute atomic E-state index is 0.133. The Morgan fingerprint density at radius 1 is 0.864 bits per heavy atom. The summed E-state index contributed by atoms with van der Waals surface area (Å²) in [6, 6.07) is 0. The maximum absolute atomic E-state index is 12.0. The van der Waals surface area contributed by atoms with Gasteiger partial charge in [-0.3, -0.25) is 0 Å². The number of rotatable bonds is 5. The molecule has 0 unspecified atom stereocenters. The summed E-state index contributed by atoms with van der Waals surface area (Å²) in [5, 5.41) is 0. The molecule has 2 heterocycles. The summed E-state index contributed by atoms with van der Waals surface area (Å²) in [5.74, 6) is 0.400. The second-order valence-electron chi connectivity index (χ2n) is 7.06. The van der Waals surface area contributed by atoms with Gasteiger partial charge in [0.25, 0.3) is 0 Å². The zero-order chi connectivity index (χ0) is 15.8. The van der Waals surface area contributed by atoms with Crippen LogP contribution in [0.2, 0.25) is 0 Å². The Morgan fingerprint density at radius 2 is 1.50 bits per heavy atom. The first-order valence-corrected chi connectivity index (χ1v) is 9.01. The van der Waals surface area contributed by atoms with Gasteiger partial charge in [0.2, 0.25) is 0 Å². The summed E-state index contributed by atoms with van der Waals surface area (Å²) in [5.41, 5.74) is 0. The van der Waals surface area contributed by atoms with Crippen LogP contribution in [0.15, 0.2) is 0 Å². The minimum Gasteiger partial charge on any atom is -0.449 e. The number of piperidine rings is 1. The Labute approximate surface area is 135 Å². The number of amides is 1. The van der Waals surface area contributed by atoms with Crippen molar-refractivity contribution in [1.82, 2.24) is 14.7 Å². The molecular weight excluding hydrogens is 278 g/mol. The minimum atomic E-state index is -0.133. The highest BCUT2D eigenvalue weighted by Crippen LogP contribution is 2.10. The number of hydrogen-bond donors (Lipinski definition) is 0. The highest BCUT2D eigenvalue weighted by atomic mass is 16.6. The summed E-state index contributed by atoms with van der Waals surface area (Å²) in [6.45, 7) is 13.2. The van der Waals surface area contributed by atoms with E-state index in [1.54, 1.807) is 0 Å². The lowest BCUT2D eigenvalue weighted by Crippen LogP contribution is -2.40. The molecule has 2 rings (SSSR count). The van der Waals surface area contributed by atoms with E-state index >= 15 is 0 Å². The molecule has 5 heteroatoms. The summed E-state index contributed by atoms with van der Waals surface area (Å²) < 4.78 is 5.35. The Balaban J connectivity index is 1.66. The van der Waals surface area contributed by atoms with E-state index in [1.165, 1.54) is 38.9 Å². The van der Waals surface area contributed by atoms with Crippen molar-refractivity contribution in [1.29, 1.82) is 0 Å². The average Bonchev–Trinajstić information content (AvgIpc) is 2.77. The fraction of sp³-hybridized carbons (Fsp3) is 0.941. The van der Waals surface area contributed by atoms with Crippen molar-refractivity contribution in [3.8, 4) is 0 Å². The highest BCUT2D eigenvalue weighted by Gasteiger charge is 2.21. The van der Waals surface area contributed by atoms with Crippen molar-refractivity contribution in [3.05, 3.63) is 0 Å². The molecule has 0 aromatic heterocycles. The molecule has 128 valence electrons. The van der Waals surface area contributed by atoms with Crippen LogP contribution in [0.5, 0.6) is 0 Å². The first-order valence-electron chi connectivity index (χ1n) is 9.01. The summed E-state index contributed by atoms with van der Waals surface area (Å²) >= 11 is 0. The van der Waals surface area contributed by atoms with Gasteiger partial charge in [0, 0.05) is 32.7 Å². The van der Waals surface area contributed by atoms with E-state index in [2.05, 4.69) is 23.6 Å². The number of hydrogen-bond acceptors (Lipinski definition) is 4. The van der Waals surface area contributed by atoms with E-state index in [1.807, 2.05) is 4.90 Å². The molecule has 0 bridgehead atoms. The number of likely N-dealkylation sites (tertiary alicyclic amines) is 1. The molecule has 2 aliphatic rings. The highest BCUT2D eigenvalue weighted by molar-refractivity contribution is 5.67. The zero-order valence-corrected chi connectivity index (χ0v) is 14.4. The Morgan fingerprint density at radius 3 is 2.18 bits per heavy atom. The molecule has 2 fully saturated rings. The molecular formula is C17H33N3O2. The van der Waals surface area contributed by atoms with Gasteiger partial charge in [-0.1, -0.05) is 20.3 Å². The number of ether oxygens (including phenoxy) is 1. The van der Waals surface area contributed by atoms with E-state index in [4.69, 9.17) is 4.74 Å².